The summed E-state index contributed by atoms with van der Waals surface area (Å²) in [6.45, 7) is 0.867. The number of carbonyl (C=O) groups is 2. The lowest BCUT2D eigenvalue weighted by Gasteiger charge is -2.11. The van der Waals surface area contributed by atoms with Crippen LogP contribution in [0.3, 0.4) is 0 Å². The van der Waals surface area contributed by atoms with E-state index in [1.165, 1.54) is 11.3 Å². The van der Waals surface area contributed by atoms with Crippen LogP contribution in [0.25, 0.3) is 0 Å². The van der Waals surface area contributed by atoms with Crippen molar-refractivity contribution in [1.29, 1.82) is 0 Å². The van der Waals surface area contributed by atoms with Crippen LogP contribution in [-0.2, 0) is 4.79 Å². The molecular weight excluding hydrogens is 300 g/mol. The van der Waals surface area contributed by atoms with E-state index in [4.69, 9.17) is 0 Å². The van der Waals surface area contributed by atoms with Gasteiger partial charge >= 0.3 is 0 Å². The normalized spacial score (nSPS) is 11.7. The van der Waals surface area contributed by atoms with Crippen molar-refractivity contribution in [1.82, 2.24) is 10.6 Å². The summed E-state index contributed by atoms with van der Waals surface area (Å²) in [5, 5.41) is 17.2. The van der Waals surface area contributed by atoms with Crippen molar-refractivity contribution in [3.8, 4) is 0 Å². The topological polar surface area (TPSA) is 78.4 Å². The molecule has 0 aliphatic carbocycles. The van der Waals surface area contributed by atoms with Gasteiger partial charge in [-0.3, -0.25) is 9.59 Å². The van der Waals surface area contributed by atoms with Gasteiger partial charge in [-0.1, -0.05) is 36.4 Å². The molecule has 1 heterocycles. The van der Waals surface area contributed by atoms with Crippen molar-refractivity contribution in [2.75, 3.05) is 13.1 Å². The molecule has 2 aromatic rings. The molecule has 5 nitrogen and oxygen atoms in total. The van der Waals surface area contributed by atoms with Gasteiger partial charge in [0.15, 0.2) is 6.10 Å². The minimum absolute atomic E-state index is 0.106. The van der Waals surface area contributed by atoms with Gasteiger partial charge in [0.2, 0.25) is 0 Å². The number of nitrogens with one attached hydrogen (secondary N) is 2. The summed E-state index contributed by atoms with van der Waals surface area (Å²) in [6.07, 6.45) is -0.563. The van der Waals surface area contributed by atoms with Crippen LogP contribution in [0.1, 0.15) is 27.8 Å². The average molecular weight is 318 g/mol. The van der Waals surface area contributed by atoms with E-state index in [2.05, 4.69) is 10.6 Å². The number of carbonyl (C=O) groups excluding carboxylic acids is 2. The summed E-state index contributed by atoms with van der Waals surface area (Å²) in [4.78, 5) is 24.1. The third-order valence-electron chi connectivity index (χ3n) is 3.05. The molecule has 1 aromatic carbocycles. The van der Waals surface area contributed by atoms with Gasteiger partial charge in [0, 0.05) is 13.1 Å². The highest BCUT2D eigenvalue weighted by atomic mass is 32.1. The van der Waals surface area contributed by atoms with Gasteiger partial charge < -0.3 is 15.7 Å². The summed E-state index contributed by atoms with van der Waals surface area (Å²) in [6, 6.07) is 12.3. The Labute approximate surface area is 133 Å². The molecule has 2 amide bonds. The molecule has 1 aromatic heterocycles. The summed E-state index contributed by atoms with van der Waals surface area (Å²) in [5.74, 6) is -0.540. The second kappa shape index (κ2) is 8.31. The van der Waals surface area contributed by atoms with E-state index < -0.39 is 12.0 Å². The fourth-order valence-electron chi connectivity index (χ4n) is 1.88. The average Bonchev–Trinajstić information content (AvgIpc) is 3.09. The third kappa shape index (κ3) is 4.68. The maximum absolute atomic E-state index is 11.8. The Hall–Kier alpha value is -2.18. The van der Waals surface area contributed by atoms with Crippen molar-refractivity contribution in [2.24, 2.45) is 0 Å². The Kier molecular flexibility index (Phi) is 6.12. The van der Waals surface area contributed by atoms with Crippen molar-refractivity contribution in [2.45, 2.75) is 12.5 Å². The molecule has 6 heteroatoms. The maximum Gasteiger partial charge on any atom is 0.261 e. The summed E-state index contributed by atoms with van der Waals surface area (Å²) >= 11 is 1.39. The fourth-order valence-corrected chi connectivity index (χ4v) is 2.52. The van der Waals surface area contributed by atoms with Crippen molar-refractivity contribution in [3.63, 3.8) is 0 Å². The standard InChI is InChI=1S/C16H18N2O3S/c19-14(12-6-2-1-3-7-12)16(21)18-10-5-9-17-15(20)13-8-4-11-22-13/h1-4,6-8,11,14,19H,5,9-10H2,(H,17,20)(H,18,21). The summed E-state index contributed by atoms with van der Waals surface area (Å²) in [5.41, 5.74) is 0.561. The van der Waals surface area contributed by atoms with Gasteiger partial charge in [0.05, 0.1) is 4.88 Å². The van der Waals surface area contributed by atoms with Gasteiger partial charge in [0.25, 0.3) is 11.8 Å². The Morgan fingerprint density at radius 2 is 1.77 bits per heavy atom. The predicted octanol–water partition coefficient (Wildman–Crippen LogP) is 1.72. The molecular formula is C16H18N2O3S. The Bertz CT molecular complexity index is 599. The lowest BCUT2D eigenvalue weighted by molar-refractivity contribution is -0.129. The highest BCUT2D eigenvalue weighted by Crippen LogP contribution is 2.11. The zero-order chi connectivity index (χ0) is 15.8. The second-order valence-electron chi connectivity index (χ2n) is 4.69. The number of amides is 2. The smallest absolute Gasteiger partial charge is 0.261 e. The number of thiophene rings is 1. The molecule has 116 valence electrons. The maximum atomic E-state index is 11.8. The number of hydrogen-bond donors (Lipinski definition) is 3. The zero-order valence-corrected chi connectivity index (χ0v) is 12.8. The molecule has 1 unspecified atom stereocenters. The summed E-state index contributed by atoms with van der Waals surface area (Å²) < 4.78 is 0. The number of benzene rings is 1. The van der Waals surface area contributed by atoms with Gasteiger partial charge in [-0.15, -0.1) is 11.3 Å². The molecule has 0 radical (unpaired) electrons. The molecule has 0 aliphatic rings. The van der Waals surface area contributed by atoms with Crippen molar-refractivity contribution in [3.05, 3.63) is 58.3 Å². The largest absolute Gasteiger partial charge is 0.378 e. The predicted molar refractivity (Wildman–Crippen MR) is 85.7 cm³/mol. The van der Waals surface area contributed by atoms with Crippen LogP contribution in [-0.4, -0.2) is 30.0 Å². The van der Waals surface area contributed by atoms with Gasteiger partial charge in [-0.05, 0) is 23.4 Å². The lowest BCUT2D eigenvalue weighted by Crippen LogP contribution is -2.32. The number of aliphatic hydroxyl groups is 1. The zero-order valence-electron chi connectivity index (χ0n) is 12.0. The van der Waals surface area contributed by atoms with Crippen LogP contribution in [0, 0.1) is 0 Å². The monoisotopic (exact) mass is 318 g/mol. The minimum Gasteiger partial charge on any atom is -0.378 e. The first-order valence-electron chi connectivity index (χ1n) is 7.01. The van der Waals surface area contributed by atoms with Crippen LogP contribution in [0.15, 0.2) is 47.8 Å². The molecule has 0 aliphatic heterocycles. The number of rotatable bonds is 7. The minimum atomic E-state index is -1.16. The van der Waals surface area contributed by atoms with Gasteiger partial charge in [-0.2, -0.15) is 0 Å². The number of hydrogen-bond acceptors (Lipinski definition) is 4. The highest BCUT2D eigenvalue weighted by molar-refractivity contribution is 7.12. The first-order valence-corrected chi connectivity index (χ1v) is 7.89. The number of aliphatic hydroxyl groups excluding tert-OH is 1. The van der Waals surface area contributed by atoms with E-state index in [-0.39, 0.29) is 5.91 Å². The van der Waals surface area contributed by atoms with Gasteiger partial charge in [0.1, 0.15) is 0 Å². The molecule has 0 spiro atoms. The molecule has 2 rings (SSSR count). The Morgan fingerprint density at radius 1 is 1.05 bits per heavy atom. The van der Waals surface area contributed by atoms with Crippen LogP contribution in [0.4, 0.5) is 0 Å². The summed E-state index contributed by atoms with van der Waals surface area (Å²) in [7, 11) is 0. The van der Waals surface area contributed by atoms with E-state index in [9.17, 15) is 14.7 Å². The molecule has 3 N–H and O–H groups in total. The van der Waals surface area contributed by atoms with Crippen LogP contribution >= 0.6 is 11.3 Å². The quantitative estimate of drug-likeness (QED) is 0.680. The second-order valence-corrected chi connectivity index (χ2v) is 5.64. The first-order chi connectivity index (χ1) is 10.7. The third-order valence-corrected chi connectivity index (χ3v) is 3.92. The SMILES string of the molecule is O=C(NCCCNC(=O)C(O)c1ccccc1)c1cccs1. The van der Waals surface area contributed by atoms with E-state index >= 15 is 0 Å². The van der Waals surface area contributed by atoms with Crippen LogP contribution in [0.5, 0.6) is 0 Å². The van der Waals surface area contributed by atoms with Gasteiger partial charge in [-0.25, -0.2) is 0 Å². The molecule has 1 atom stereocenters. The molecule has 0 fully saturated rings. The Balaban J connectivity index is 1.64. The van der Waals surface area contributed by atoms with Crippen LogP contribution in [0.2, 0.25) is 0 Å². The molecule has 0 saturated heterocycles. The van der Waals surface area contributed by atoms with E-state index in [0.29, 0.717) is 30.0 Å². The van der Waals surface area contributed by atoms with E-state index in [1.54, 1.807) is 30.3 Å². The molecule has 22 heavy (non-hydrogen) atoms. The highest BCUT2D eigenvalue weighted by Gasteiger charge is 2.15. The Morgan fingerprint density at radius 3 is 2.45 bits per heavy atom. The van der Waals surface area contributed by atoms with Crippen molar-refractivity contribution >= 4 is 23.2 Å². The van der Waals surface area contributed by atoms with E-state index in [0.717, 1.165) is 0 Å². The molecule has 0 saturated carbocycles. The van der Waals surface area contributed by atoms with Crippen LogP contribution < -0.4 is 10.6 Å². The van der Waals surface area contributed by atoms with Crippen molar-refractivity contribution < 1.29 is 14.7 Å². The lowest BCUT2D eigenvalue weighted by atomic mass is 10.1. The van der Waals surface area contributed by atoms with E-state index in [1.807, 2.05) is 17.5 Å². The molecule has 0 bridgehead atoms. The first kappa shape index (κ1) is 16.2. The fraction of sp³-hybridized carbons (Fsp3) is 0.250.